The lowest BCUT2D eigenvalue weighted by Crippen LogP contribution is -2.12. The van der Waals surface area contributed by atoms with Gasteiger partial charge in [0.1, 0.15) is 5.69 Å². The van der Waals surface area contributed by atoms with Crippen molar-refractivity contribution >= 4 is 28.7 Å². The number of hydrogen-bond acceptors (Lipinski definition) is 6. The topological polar surface area (TPSA) is 122 Å². The number of halogens is 1. The second-order valence-corrected chi connectivity index (χ2v) is 3.93. The van der Waals surface area contributed by atoms with Gasteiger partial charge in [0.05, 0.1) is 22.2 Å². The number of rotatable bonds is 6. The van der Waals surface area contributed by atoms with Crippen molar-refractivity contribution in [2.45, 2.75) is 6.42 Å². The first-order chi connectivity index (χ1) is 8.52. The van der Waals surface area contributed by atoms with E-state index in [1.54, 1.807) is 0 Å². The lowest BCUT2D eigenvalue weighted by atomic mass is 10.1. The Hall–Kier alpha value is -1.57. The molecule has 0 aliphatic heterocycles. The largest absolute Gasteiger partial charge is 0.397 e. The number of hydrogen-bond donors (Lipinski definition) is 4. The van der Waals surface area contributed by atoms with Crippen LogP contribution in [0.2, 0.25) is 5.02 Å². The summed E-state index contributed by atoms with van der Waals surface area (Å²) in [5.41, 5.74) is 6.23. The first-order valence-electron chi connectivity index (χ1n) is 5.23. The maximum absolute atomic E-state index is 10.9. The van der Waals surface area contributed by atoms with Crippen molar-refractivity contribution in [3.05, 3.63) is 26.8 Å². The van der Waals surface area contributed by atoms with Crippen LogP contribution in [-0.4, -0.2) is 34.9 Å². The molecule has 1 rings (SSSR count). The molecular formula is C10H14ClN3O4. The van der Waals surface area contributed by atoms with Crippen LogP contribution in [0.1, 0.15) is 5.56 Å². The van der Waals surface area contributed by atoms with Crippen LogP contribution in [0.25, 0.3) is 0 Å². The molecule has 0 atom stereocenters. The average Bonchev–Trinajstić information content (AvgIpc) is 2.32. The van der Waals surface area contributed by atoms with Crippen molar-refractivity contribution in [3.8, 4) is 0 Å². The third kappa shape index (κ3) is 3.00. The van der Waals surface area contributed by atoms with Crippen molar-refractivity contribution in [2.75, 3.05) is 30.8 Å². The number of nitrogen functional groups attached to an aromatic ring is 1. The standard InChI is InChI=1S/C10H14ClN3O4/c11-7-5-8(14(17)18)10(13-2-4-16)9(12)6(7)1-3-15/h5,13,15-16H,1-4,12H2. The Labute approximate surface area is 108 Å². The van der Waals surface area contributed by atoms with E-state index >= 15 is 0 Å². The van der Waals surface area contributed by atoms with Crippen LogP contribution < -0.4 is 11.1 Å². The van der Waals surface area contributed by atoms with Gasteiger partial charge in [-0.25, -0.2) is 0 Å². The van der Waals surface area contributed by atoms with Gasteiger partial charge in [0.15, 0.2) is 0 Å². The molecule has 0 amide bonds. The molecule has 0 fully saturated rings. The summed E-state index contributed by atoms with van der Waals surface area (Å²) in [4.78, 5) is 10.3. The molecule has 8 heteroatoms. The van der Waals surface area contributed by atoms with Crippen molar-refractivity contribution in [3.63, 3.8) is 0 Å². The summed E-state index contributed by atoms with van der Waals surface area (Å²) in [5, 5.41) is 31.4. The number of nitro groups is 1. The van der Waals surface area contributed by atoms with E-state index in [1.165, 1.54) is 6.07 Å². The van der Waals surface area contributed by atoms with Crippen LogP contribution in [0.3, 0.4) is 0 Å². The van der Waals surface area contributed by atoms with E-state index in [4.69, 9.17) is 27.5 Å². The van der Waals surface area contributed by atoms with Gasteiger partial charge in [-0.05, 0) is 12.0 Å². The van der Waals surface area contributed by atoms with Gasteiger partial charge in [0.2, 0.25) is 0 Å². The lowest BCUT2D eigenvalue weighted by molar-refractivity contribution is -0.383. The van der Waals surface area contributed by atoms with E-state index in [9.17, 15) is 10.1 Å². The number of nitrogens with zero attached hydrogens (tertiary/aromatic N) is 1. The minimum Gasteiger partial charge on any atom is -0.397 e. The number of anilines is 2. The summed E-state index contributed by atoms with van der Waals surface area (Å²) < 4.78 is 0. The Bertz CT molecular complexity index is 453. The van der Waals surface area contributed by atoms with Crippen molar-refractivity contribution in [1.82, 2.24) is 0 Å². The first-order valence-corrected chi connectivity index (χ1v) is 5.61. The first kappa shape index (κ1) is 14.5. The molecule has 0 saturated heterocycles. The summed E-state index contributed by atoms with van der Waals surface area (Å²) in [7, 11) is 0. The van der Waals surface area contributed by atoms with Gasteiger partial charge in [-0.2, -0.15) is 0 Å². The van der Waals surface area contributed by atoms with E-state index in [1.807, 2.05) is 0 Å². The number of nitrogens with one attached hydrogen (secondary N) is 1. The van der Waals surface area contributed by atoms with Crippen LogP contribution in [0.5, 0.6) is 0 Å². The fraction of sp³-hybridized carbons (Fsp3) is 0.400. The predicted octanol–water partition coefficient (Wildman–Crippen LogP) is 0.769. The van der Waals surface area contributed by atoms with E-state index in [-0.39, 0.29) is 48.3 Å². The van der Waals surface area contributed by atoms with E-state index in [0.29, 0.717) is 5.56 Å². The molecule has 18 heavy (non-hydrogen) atoms. The van der Waals surface area contributed by atoms with Gasteiger partial charge in [0.25, 0.3) is 5.69 Å². The average molecular weight is 276 g/mol. The maximum atomic E-state index is 10.9. The Morgan fingerprint density at radius 1 is 1.44 bits per heavy atom. The summed E-state index contributed by atoms with van der Waals surface area (Å²) in [6.45, 7) is -0.221. The fourth-order valence-corrected chi connectivity index (χ4v) is 1.87. The molecular weight excluding hydrogens is 262 g/mol. The Kier molecular flexibility index (Phi) is 5.14. The number of nitrogens with two attached hydrogens (primary N) is 1. The third-order valence-corrected chi connectivity index (χ3v) is 2.71. The van der Waals surface area contributed by atoms with Crippen LogP contribution >= 0.6 is 11.6 Å². The minimum atomic E-state index is -0.606. The molecule has 0 bridgehead atoms. The highest BCUT2D eigenvalue weighted by Gasteiger charge is 2.21. The van der Waals surface area contributed by atoms with Crippen LogP contribution in [0.4, 0.5) is 17.1 Å². The SMILES string of the molecule is Nc1c(CCO)c(Cl)cc([N+](=O)[O-])c1NCCO. The Balaban J connectivity index is 3.32. The second kappa shape index (κ2) is 6.39. The molecule has 0 radical (unpaired) electrons. The monoisotopic (exact) mass is 275 g/mol. The Morgan fingerprint density at radius 3 is 2.61 bits per heavy atom. The van der Waals surface area contributed by atoms with Crippen LogP contribution in [0.15, 0.2) is 6.07 Å². The molecule has 100 valence electrons. The highest BCUT2D eigenvalue weighted by molar-refractivity contribution is 6.32. The molecule has 0 spiro atoms. The molecule has 5 N–H and O–H groups in total. The number of benzene rings is 1. The van der Waals surface area contributed by atoms with Gasteiger partial charge in [0, 0.05) is 19.2 Å². The van der Waals surface area contributed by atoms with E-state index in [0.717, 1.165) is 0 Å². The molecule has 0 aliphatic carbocycles. The number of nitro benzene ring substituents is 1. The molecule has 1 aromatic rings. The molecule has 7 nitrogen and oxygen atoms in total. The lowest BCUT2D eigenvalue weighted by Gasteiger charge is -2.14. The summed E-state index contributed by atoms with van der Waals surface area (Å²) >= 11 is 5.89. The quantitative estimate of drug-likeness (QED) is 0.346. The molecule has 1 aromatic carbocycles. The van der Waals surface area contributed by atoms with Crippen LogP contribution in [-0.2, 0) is 6.42 Å². The fourth-order valence-electron chi connectivity index (χ4n) is 1.57. The van der Waals surface area contributed by atoms with Crippen LogP contribution in [0, 0.1) is 10.1 Å². The second-order valence-electron chi connectivity index (χ2n) is 3.53. The van der Waals surface area contributed by atoms with Gasteiger partial charge < -0.3 is 21.3 Å². The normalized spacial score (nSPS) is 10.4. The van der Waals surface area contributed by atoms with Gasteiger partial charge in [-0.1, -0.05) is 11.6 Å². The smallest absolute Gasteiger partial charge is 0.295 e. The van der Waals surface area contributed by atoms with Crippen molar-refractivity contribution < 1.29 is 15.1 Å². The minimum absolute atomic E-state index is 0.113. The van der Waals surface area contributed by atoms with Gasteiger partial charge >= 0.3 is 0 Å². The molecule has 0 saturated carbocycles. The zero-order valence-electron chi connectivity index (χ0n) is 9.52. The molecule has 0 aromatic heterocycles. The van der Waals surface area contributed by atoms with Crippen molar-refractivity contribution in [1.29, 1.82) is 0 Å². The Morgan fingerprint density at radius 2 is 2.11 bits per heavy atom. The highest BCUT2D eigenvalue weighted by Crippen LogP contribution is 2.38. The third-order valence-electron chi connectivity index (χ3n) is 2.37. The number of aliphatic hydroxyl groups is 2. The zero-order chi connectivity index (χ0) is 13.7. The van der Waals surface area contributed by atoms with E-state index < -0.39 is 4.92 Å². The maximum Gasteiger partial charge on any atom is 0.295 e. The summed E-state index contributed by atoms with van der Waals surface area (Å²) in [6.07, 6.45) is 0.205. The zero-order valence-corrected chi connectivity index (χ0v) is 10.3. The molecule has 0 heterocycles. The number of aliphatic hydroxyl groups excluding tert-OH is 2. The predicted molar refractivity (Wildman–Crippen MR) is 68.9 cm³/mol. The summed E-state index contributed by atoms with van der Waals surface area (Å²) in [6, 6.07) is 1.18. The molecule has 0 unspecified atom stereocenters. The highest BCUT2D eigenvalue weighted by atomic mass is 35.5. The summed E-state index contributed by atoms with van der Waals surface area (Å²) in [5.74, 6) is 0. The molecule has 0 aliphatic rings. The van der Waals surface area contributed by atoms with Gasteiger partial charge in [-0.3, -0.25) is 10.1 Å². The van der Waals surface area contributed by atoms with E-state index in [2.05, 4.69) is 5.32 Å². The van der Waals surface area contributed by atoms with Crippen molar-refractivity contribution in [2.24, 2.45) is 0 Å². The van der Waals surface area contributed by atoms with Gasteiger partial charge in [-0.15, -0.1) is 0 Å².